The van der Waals surface area contributed by atoms with Crippen molar-refractivity contribution in [3.8, 4) is 12.1 Å². The maximum Gasteiger partial charge on any atom is 0.123 e. The van der Waals surface area contributed by atoms with E-state index in [1.54, 1.807) is 41.8 Å². The monoisotopic (exact) mass is 534 g/mol. The first-order chi connectivity index (χ1) is 19.6. The molecule has 1 aliphatic rings. The fourth-order valence-corrected chi connectivity index (χ4v) is 4.22. The molecule has 10 heteroatoms. The highest BCUT2D eigenvalue weighted by Crippen LogP contribution is 2.34. The number of halogens is 1. The molecule has 0 aliphatic carbocycles. The summed E-state index contributed by atoms with van der Waals surface area (Å²) in [5, 5.41) is 28.7. The van der Waals surface area contributed by atoms with Gasteiger partial charge in [0.1, 0.15) is 18.0 Å². The molecule has 1 unspecified atom stereocenters. The van der Waals surface area contributed by atoms with Gasteiger partial charge in [-0.15, -0.1) is 5.53 Å². The molecule has 3 heterocycles. The van der Waals surface area contributed by atoms with Crippen LogP contribution in [0.5, 0.6) is 0 Å². The first-order valence-electron chi connectivity index (χ1n) is 13.1. The third-order valence-electron chi connectivity index (χ3n) is 6.17. The molecule has 0 bridgehead atoms. The van der Waals surface area contributed by atoms with Crippen molar-refractivity contribution in [2.75, 3.05) is 22.2 Å². The van der Waals surface area contributed by atoms with Crippen LogP contribution in [0.15, 0.2) is 79.0 Å². The van der Waals surface area contributed by atoms with Crippen molar-refractivity contribution in [2.24, 2.45) is 5.41 Å². The first kappa shape index (κ1) is 25.1. The molecular weight excluding hydrogens is 505 g/mol. The minimum atomic E-state index is -1.66. The molecule has 1 atom stereocenters. The molecule has 0 fully saturated rings. The molecule has 5 rings (SSSR count). The van der Waals surface area contributed by atoms with Crippen molar-refractivity contribution in [1.82, 2.24) is 20.9 Å². The zero-order valence-corrected chi connectivity index (χ0v) is 22.2. The van der Waals surface area contributed by atoms with Crippen molar-refractivity contribution >= 4 is 28.0 Å². The van der Waals surface area contributed by atoms with E-state index in [2.05, 4.69) is 64.5 Å². The van der Waals surface area contributed by atoms with Gasteiger partial charge in [0, 0.05) is 36.2 Å². The Labute approximate surface area is 233 Å². The normalized spacial score (nSPS) is 14.8. The topological polar surface area (TPSA) is 125 Å². The second-order valence-corrected chi connectivity index (χ2v) is 10.5. The Bertz CT molecular complexity index is 1700. The minimum Gasteiger partial charge on any atom is -0.383 e. The molecule has 0 saturated heterocycles. The van der Waals surface area contributed by atoms with Crippen molar-refractivity contribution in [2.45, 2.75) is 26.8 Å². The van der Waals surface area contributed by atoms with Crippen LogP contribution >= 0.6 is 0 Å². The Balaban J connectivity index is 1.64. The van der Waals surface area contributed by atoms with E-state index < -0.39 is 11.8 Å². The van der Waals surface area contributed by atoms with Crippen molar-refractivity contribution < 1.29 is 5.76 Å². The summed E-state index contributed by atoms with van der Waals surface area (Å²) < 4.78 is 23.5. The average molecular weight is 535 g/mol. The lowest BCUT2D eigenvalue weighted by atomic mass is 9.96. The van der Waals surface area contributed by atoms with Crippen molar-refractivity contribution in [3.63, 3.8) is 0 Å². The lowest BCUT2D eigenvalue weighted by Gasteiger charge is -2.23. The van der Waals surface area contributed by atoms with Gasteiger partial charge in [-0.2, -0.15) is 10.5 Å². The number of benzene rings is 2. The van der Waals surface area contributed by atoms with Crippen LogP contribution in [0.25, 0.3) is 10.9 Å². The van der Waals surface area contributed by atoms with Gasteiger partial charge in [-0.25, -0.2) is 4.39 Å². The lowest BCUT2D eigenvalue weighted by Crippen LogP contribution is -2.37. The Morgan fingerprint density at radius 3 is 2.55 bits per heavy atom. The van der Waals surface area contributed by atoms with Crippen LogP contribution in [0, 0.1) is 33.9 Å². The number of hydrogen-bond donors (Lipinski definition) is 4. The number of nitriles is 2. The van der Waals surface area contributed by atoms with E-state index in [1.807, 2.05) is 6.07 Å². The molecule has 0 spiro atoms. The number of anilines is 3. The predicted molar refractivity (Wildman–Crippen MR) is 153 cm³/mol. The largest absolute Gasteiger partial charge is 0.383 e. The van der Waals surface area contributed by atoms with E-state index in [1.165, 1.54) is 30.5 Å². The Kier molecular flexibility index (Phi) is 6.84. The molecule has 1 aliphatic heterocycles. The summed E-state index contributed by atoms with van der Waals surface area (Å²) in [6, 6.07) is 15.4. The number of hydrazine groups is 2. The Hall–Kier alpha value is -5.19. The Morgan fingerprint density at radius 1 is 1.10 bits per heavy atom. The van der Waals surface area contributed by atoms with E-state index in [0.29, 0.717) is 45.6 Å². The maximum absolute atomic E-state index is 13.9. The number of hydrogen-bond acceptors (Lipinski definition) is 9. The summed E-state index contributed by atoms with van der Waals surface area (Å²) in [4.78, 5) is 8.55. The van der Waals surface area contributed by atoms with Gasteiger partial charge in [0.2, 0.25) is 0 Å². The second kappa shape index (κ2) is 10.9. The number of nitrogens with one attached hydrogen (secondary N) is 4. The highest BCUT2D eigenvalue weighted by Gasteiger charge is 2.24. The molecule has 0 amide bonds. The van der Waals surface area contributed by atoms with Crippen LogP contribution in [0.2, 0.25) is 0 Å². The van der Waals surface area contributed by atoms with Gasteiger partial charge in [0.05, 0.1) is 47.3 Å². The highest BCUT2D eigenvalue weighted by atomic mass is 19.1. The van der Waals surface area contributed by atoms with E-state index >= 15 is 0 Å². The number of rotatable bonds is 7. The van der Waals surface area contributed by atoms with Crippen LogP contribution in [-0.4, -0.2) is 16.5 Å². The molecular formula is C30H28FN9. The maximum atomic E-state index is 13.9. The number of pyridine rings is 2. The van der Waals surface area contributed by atoms with Gasteiger partial charge >= 0.3 is 0 Å². The smallest absolute Gasteiger partial charge is 0.123 e. The van der Waals surface area contributed by atoms with Crippen molar-refractivity contribution in [3.05, 3.63) is 102 Å². The van der Waals surface area contributed by atoms with Crippen LogP contribution in [0.4, 0.5) is 21.5 Å². The quantitative estimate of drug-likeness (QED) is 0.243. The molecule has 0 saturated carbocycles. The summed E-state index contributed by atoms with van der Waals surface area (Å²) in [6.07, 6.45) is 6.49. The zero-order valence-electron chi connectivity index (χ0n) is 23.2. The van der Waals surface area contributed by atoms with Crippen LogP contribution in [-0.2, 0) is 0 Å². The fourth-order valence-electron chi connectivity index (χ4n) is 4.22. The van der Waals surface area contributed by atoms with Crippen molar-refractivity contribution in [1.29, 1.82) is 10.5 Å². The van der Waals surface area contributed by atoms with E-state index in [-0.39, 0.29) is 11.0 Å². The molecule has 9 nitrogen and oxygen atoms in total. The summed E-state index contributed by atoms with van der Waals surface area (Å²) in [5.41, 5.74) is 9.62. The minimum absolute atomic E-state index is 0.0804. The van der Waals surface area contributed by atoms with E-state index in [9.17, 15) is 16.3 Å². The summed E-state index contributed by atoms with van der Waals surface area (Å²) in [6.45, 7) is 6.80. The van der Waals surface area contributed by atoms with Gasteiger partial charge in [-0.3, -0.25) is 15.0 Å². The molecule has 2 aromatic carbocycles. The van der Waals surface area contributed by atoms with Gasteiger partial charge < -0.3 is 16.1 Å². The molecule has 40 heavy (non-hydrogen) atoms. The van der Waals surface area contributed by atoms with Gasteiger partial charge in [-0.05, 0) is 47.4 Å². The van der Waals surface area contributed by atoms with Crippen LogP contribution in [0.3, 0.4) is 0 Å². The summed E-state index contributed by atoms with van der Waals surface area (Å²) in [5.74, 6) is -0.429. The highest BCUT2D eigenvalue weighted by molar-refractivity contribution is 5.99. The molecule has 4 N–H and O–H groups in total. The second-order valence-electron chi connectivity index (χ2n) is 10.5. The molecule has 0 radical (unpaired) electrons. The average Bonchev–Trinajstić information content (AvgIpc) is 3.47. The number of fused-ring (bicyclic) bond motifs is 1. The fraction of sp³-hybridized carbons (Fsp3) is 0.200. The number of nitrogens with zero attached hydrogens (tertiary/aromatic N) is 5. The third-order valence-corrected chi connectivity index (χ3v) is 6.17. The Morgan fingerprint density at radius 2 is 1.88 bits per heavy atom. The molecule has 4 aromatic rings. The summed E-state index contributed by atoms with van der Waals surface area (Å²) in [7, 11) is 0. The third kappa shape index (κ3) is 5.63. The van der Waals surface area contributed by atoms with Gasteiger partial charge in [0.25, 0.3) is 0 Å². The predicted octanol–water partition coefficient (Wildman–Crippen LogP) is 5.49. The number of aromatic nitrogens is 2. The van der Waals surface area contributed by atoms with Gasteiger partial charge in [-0.1, -0.05) is 32.9 Å². The SMILES string of the molecule is [2H]C(Nc1cc(C#N)c2ncc(C#N)c(NCC(C)(C)C)c2c1)(C1=CN(c2cccnc2)NN1)c1ccc(F)cc1. The lowest BCUT2D eigenvalue weighted by molar-refractivity contribution is 0.443. The van der Waals surface area contributed by atoms with E-state index in [4.69, 9.17) is 0 Å². The molecule has 2 aromatic heterocycles. The van der Waals surface area contributed by atoms with Crippen LogP contribution < -0.4 is 26.6 Å². The zero-order chi connectivity index (χ0) is 29.2. The van der Waals surface area contributed by atoms with Gasteiger partial charge in [0.15, 0.2) is 0 Å². The standard InChI is InChI=1S/C30H28FN9/c1-30(2,3)18-36-28-21(14-33)15-35-27-20(13-32)11-23(12-25(27)28)37-29(19-6-8-22(31)9-7-19)26-17-40(39-38-26)24-5-4-10-34-16-24/h4-12,15-17,29,37-39H,18H2,1-3H3,(H,35,36)/i29D. The first-order valence-corrected chi connectivity index (χ1v) is 12.6. The molecule has 200 valence electrons. The summed E-state index contributed by atoms with van der Waals surface area (Å²) >= 11 is 0. The van der Waals surface area contributed by atoms with E-state index in [0.717, 1.165) is 5.69 Å². The van der Waals surface area contributed by atoms with Crippen LogP contribution in [0.1, 0.15) is 44.9 Å².